The van der Waals surface area contributed by atoms with E-state index in [-0.39, 0.29) is 18.9 Å². The van der Waals surface area contributed by atoms with E-state index in [2.05, 4.69) is 10.3 Å². The Labute approximate surface area is 98.7 Å². The molecule has 1 atom stereocenters. The van der Waals surface area contributed by atoms with Crippen LogP contribution in [-0.4, -0.2) is 47.2 Å². The van der Waals surface area contributed by atoms with Crippen LogP contribution in [0.3, 0.4) is 0 Å². The predicted molar refractivity (Wildman–Crippen MR) is 61.6 cm³/mol. The maximum absolute atomic E-state index is 10.8. The van der Waals surface area contributed by atoms with Gasteiger partial charge in [-0.05, 0) is 12.8 Å². The zero-order valence-electron chi connectivity index (χ0n) is 9.43. The summed E-state index contributed by atoms with van der Waals surface area (Å²) in [4.78, 5) is 24.8. The highest BCUT2D eigenvalue weighted by atomic mass is 16.4. The Morgan fingerprint density at radius 3 is 2.41 bits per heavy atom. The molecule has 0 spiro atoms. The summed E-state index contributed by atoms with van der Waals surface area (Å²) in [5, 5.41) is 19.9. The van der Waals surface area contributed by atoms with E-state index in [0.717, 1.165) is 0 Å². The van der Waals surface area contributed by atoms with Gasteiger partial charge >= 0.3 is 11.9 Å². The predicted octanol–water partition coefficient (Wildman–Crippen LogP) is -1.44. The summed E-state index contributed by atoms with van der Waals surface area (Å²) < 4.78 is 0. The molecule has 98 valence electrons. The summed E-state index contributed by atoms with van der Waals surface area (Å²) >= 11 is 0. The first-order chi connectivity index (χ1) is 7.93. The molecule has 0 aromatic heterocycles. The first-order valence-corrected chi connectivity index (χ1v) is 5.17. The molecule has 1 unspecified atom stereocenters. The number of rotatable bonds is 9. The van der Waals surface area contributed by atoms with E-state index in [9.17, 15) is 9.59 Å². The Hall–Kier alpha value is -1.83. The molecule has 0 aliphatic heterocycles. The van der Waals surface area contributed by atoms with Crippen LogP contribution in [0.5, 0.6) is 0 Å². The maximum atomic E-state index is 10.8. The number of hydrogen-bond acceptors (Lipinski definition) is 4. The highest BCUT2D eigenvalue weighted by Gasteiger charge is 2.16. The minimum Gasteiger partial charge on any atom is -0.481 e. The second kappa shape index (κ2) is 8.34. The molecule has 0 aromatic carbocycles. The van der Waals surface area contributed by atoms with Gasteiger partial charge < -0.3 is 27.0 Å². The molecule has 8 nitrogen and oxygen atoms in total. The van der Waals surface area contributed by atoms with Gasteiger partial charge in [-0.3, -0.25) is 14.6 Å². The first-order valence-electron chi connectivity index (χ1n) is 5.17. The van der Waals surface area contributed by atoms with Gasteiger partial charge in [-0.2, -0.15) is 0 Å². The summed E-state index contributed by atoms with van der Waals surface area (Å²) in [6.07, 6.45) is 0.734. The summed E-state index contributed by atoms with van der Waals surface area (Å²) in [7, 11) is 0. The summed E-state index contributed by atoms with van der Waals surface area (Å²) in [5.41, 5.74) is 10.2. The minimum absolute atomic E-state index is 0.0317. The lowest BCUT2D eigenvalue weighted by Crippen LogP contribution is -2.38. The lowest BCUT2D eigenvalue weighted by Gasteiger charge is -2.12. The van der Waals surface area contributed by atoms with Crippen molar-refractivity contribution in [1.29, 1.82) is 0 Å². The van der Waals surface area contributed by atoms with E-state index in [0.29, 0.717) is 19.4 Å². The largest absolute Gasteiger partial charge is 0.481 e. The number of carbonyl (C=O) groups is 2. The monoisotopic (exact) mass is 246 g/mol. The van der Waals surface area contributed by atoms with Crippen molar-refractivity contribution >= 4 is 17.9 Å². The van der Waals surface area contributed by atoms with Gasteiger partial charge in [0.15, 0.2) is 5.96 Å². The molecule has 17 heavy (non-hydrogen) atoms. The second-order valence-electron chi connectivity index (χ2n) is 3.44. The van der Waals surface area contributed by atoms with Crippen molar-refractivity contribution in [2.45, 2.75) is 25.3 Å². The number of nitrogens with two attached hydrogens (primary N) is 2. The SMILES string of the molecule is NC(N)=NCCCC(NCCC(=O)O)C(=O)O. The number of aliphatic imine (C=N–C) groups is 1. The normalized spacial score (nSPS) is 11.8. The Balaban J connectivity index is 3.87. The van der Waals surface area contributed by atoms with Gasteiger partial charge in [0.1, 0.15) is 6.04 Å². The van der Waals surface area contributed by atoms with Crippen LogP contribution in [0, 0.1) is 0 Å². The maximum Gasteiger partial charge on any atom is 0.320 e. The first kappa shape index (κ1) is 15.2. The quantitative estimate of drug-likeness (QED) is 0.190. The molecular weight excluding hydrogens is 228 g/mol. The zero-order chi connectivity index (χ0) is 13.3. The van der Waals surface area contributed by atoms with E-state index in [1.807, 2.05) is 0 Å². The fraction of sp³-hybridized carbons (Fsp3) is 0.667. The molecule has 8 heteroatoms. The average Bonchev–Trinajstić information content (AvgIpc) is 2.20. The van der Waals surface area contributed by atoms with Crippen LogP contribution in [0.4, 0.5) is 0 Å². The molecule has 0 heterocycles. The number of carboxylic acids is 2. The third-order valence-corrected chi connectivity index (χ3v) is 1.97. The smallest absolute Gasteiger partial charge is 0.320 e. The molecule has 0 saturated carbocycles. The number of nitrogens with zero attached hydrogens (tertiary/aromatic N) is 1. The highest BCUT2D eigenvalue weighted by molar-refractivity contribution is 5.75. The molecule has 0 saturated heterocycles. The van der Waals surface area contributed by atoms with Crippen LogP contribution in [0.25, 0.3) is 0 Å². The average molecular weight is 246 g/mol. The lowest BCUT2D eigenvalue weighted by molar-refractivity contribution is -0.141. The summed E-state index contributed by atoms with van der Waals surface area (Å²) in [6.45, 7) is 0.474. The van der Waals surface area contributed by atoms with Gasteiger partial charge in [-0.15, -0.1) is 0 Å². The number of aliphatic carboxylic acids is 2. The van der Waals surface area contributed by atoms with E-state index in [4.69, 9.17) is 21.7 Å². The Morgan fingerprint density at radius 2 is 1.94 bits per heavy atom. The molecule has 0 aliphatic carbocycles. The van der Waals surface area contributed by atoms with Crippen molar-refractivity contribution < 1.29 is 19.8 Å². The molecular formula is C9H18N4O4. The van der Waals surface area contributed by atoms with Crippen molar-refractivity contribution in [3.63, 3.8) is 0 Å². The molecule has 0 bridgehead atoms. The molecule has 0 aromatic rings. The lowest BCUT2D eigenvalue weighted by atomic mass is 10.1. The summed E-state index contributed by atoms with van der Waals surface area (Å²) in [5.74, 6) is -2.02. The minimum atomic E-state index is -1.01. The third kappa shape index (κ3) is 9.12. The highest BCUT2D eigenvalue weighted by Crippen LogP contribution is 1.98. The Kier molecular flexibility index (Phi) is 7.44. The molecule has 7 N–H and O–H groups in total. The van der Waals surface area contributed by atoms with Crippen molar-refractivity contribution in [2.24, 2.45) is 16.5 Å². The van der Waals surface area contributed by atoms with Crippen molar-refractivity contribution in [1.82, 2.24) is 5.32 Å². The van der Waals surface area contributed by atoms with Gasteiger partial charge in [-0.1, -0.05) is 0 Å². The zero-order valence-corrected chi connectivity index (χ0v) is 9.43. The topological polar surface area (TPSA) is 151 Å². The van der Waals surface area contributed by atoms with Crippen molar-refractivity contribution in [3.8, 4) is 0 Å². The second-order valence-corrected chi connectivity index (χ2v) is 3.44. The summed E-state index contributed by atoms with van der Waals surface area (Å²) in [6, 6.07) is -0.774. The van der Waals surface area contributed by atoms with E-state index < -0.39 is 18.0 Å². The van der Waals surface area contributed by atoms with E-state index in [1.165, 1.54) is 0 Å². The standard InChI is InChI=1S/C9H18N4O4/c10-9(11)13-4-1-2-6(8(16)17)12-5-3-7(14)15/h6,12H,1-5H2,(H,14,15)(H,16,17)(H4,10,11,13). The van der Waals surface area contributed by atoms with Gasteiger partial charge in [0.25, 0.3) is 0 Å². The molecule has 0 aliphatic rings. The molecule has 0 fully saturated rings. The van der Waals surface area contributed by atoms with E-state index >= 15 is 0 Å². The number of hydrogen-bond donors (Lipinski definition) is 5. The fourth-order valence-corrected chi connectivity index (χ4v) is 1.17. The van der Waals surface area contributed by atoms with Gasteiger partial charge in [0.2, 0.25) is 0 Å². The van der Waals surface area contributed by atoms with Crippen LogP contribution in [0.15, 0.2) is 4.99 Å². The van der Waals surface area contributed by atoms with Crippen LogP contribution in [0.2, 0.25) is 0 Å². The van der Waals surface area contributed by atoms with Gasteiger partial charge in [-0.25, -0.2) is 0 Å². The Bertz CT molecular complexity index is 289. The number of guanidine groups is 1. The van der Waals surface area contributed by atoms with Crippen LogP contribution in [0.1, 0.15) is 19.3 Å². The van der Waals surface area contributed by atoms with Gasteiger partial charge in [0.05, 0.1) is 6.42 Å². The van der Waals surface area contributed by atoms with Crippen LogP contribution >= 0.6 is 0 Å². The molecule has 0 rings (SSSR count). The van der Waals surface area contributed by atoms with Crippen LogP contribution in [-0.2, 0) is 9.59 Å². The molecule has 0 radical (unpaired) electrons. The van der Waals surface area contributed by atoms with Crippen molar-refractivity contribution in [3.05, 3.63) is 0 Å². The fourth-order valence-electron chi connectivity index (χ4n) is 1.17. The van der Waals surface area contributed by atoms with Crippen molar-refractivity contribution in [2.75, 3.05) is 13.1 Å². The van der Waals surface area contributed by atoms with E-state index in [1.54, 1.807) is 0 Å². The Morgan fingerprint density at radius 1 is 1.29 bits per heavy atom. The molecule has 0 amide bonds. The number of nitrogens with one attached hydrogen (secondary N) is 1. The van der Waals surface area contributed by atoms with Crippen LogP contribution < -0.4 is 16.8 Å². The number of carboxylic acid groups (broad SMARTS) is 2. The van der Waals surface area contributed by atoms with Gasteiger partial charge in [0, 0.05) is 13.1 Å². The third-order valence-electron chi connectivity index (χ3n) is 1.97.